The second-order valence-electron chi connectivity index (χ2n) is 5.30. The van der Waals surface area contributed by atoms with Crippen molar-refractivity contribution in [2.24, 2.45) is 0 Å². The molecule has 0 bridgehead atoms. The molecule has 20 heavy (non-hydrogen) atoms. The van der Waals surface area contributed by atoms with E-state index in [2.05, 4.69) is 10.6 Å². The Hall–Kier alpha value is -1.39. The van der Waals surface area contributed by atoms with Crippen LogP contribution in [0.25, 0.3) is 0 Å². The number of nitrogens with one attached hydrogen (secondary N) is 2. The number of carbonyl (C=O) groups excluding carboxylic acids is 1. The van der Waals surface area contributed by atoms with Gasteiger partial charge in [0, 0.05) is 18.7 Å². The average Bonchev–Trinajstić information content (AvgIpc) is 2.48. The molecule has 0 spiro atoms. The molecule has 1 aliphatic rings. The van der Waals surface area contributed by atoms with E-state index in [0.717, 1.165) is 50.1 Å². The quantitative estimate of drug-likeness (QED) is 0.780. The molecular weight excluding hydrogens is 252 g/mol. The summed E-state index contributed by atoms with van der Waals surface area (Å²) in [6.45, 7) is 5.50. The van der Waals surface area contributed by atoms with Crippen molar-refractivity contribution in [3.63, 3.8) is 0 Å². The number of ether oxygens (including phenoxy) is 1. The normalized spacial score (nSPS) is 16.1. The molecule has 4 heteroatoms. The van der Waals surface area contributed by atoms with Gasteiger partial charge in [0.05, 0.1) is 6.10 Å². The van der Waals surface area contributed by atoms with Crippen LogP contribution in [0.15, 0.2) is 24.3 Å². The predicted molar refractivity (Wildman–Crippen MR) is 80.0 cm³/mol. The zero-order valence-corrected chi connectivity index (χ0v) is 12.2. The summed E-state index contributed by atoms with van der Waals surface area (Å²) < 4.78 is 5.79. The third-order valence-corrected chi connectivity index (χ3v) is 3.56. The fraction of sp³-hybridized carbons (Fsp3) is 0.562. The maximum Gasteiger partial charge on any atom is 0.251 e. The van der Waals surface area contributed by atoms with Crippen LogP contribution in [0.4, 0.5) is 0 Å². The van der Waals surface area contributed by atoms with Crippen molar-refractivity contribution in [3.05, 3.63) is 35.4 Å². The van der Waals surface area contributed by atoms with E-state index in [9.17, 15) is 4.79 Å². The van der Waals surface area contributed by atoms with Crippen LogP contribution in [0.1, 0.15) is 35.2 Å². The van der Waals surface area contributed by atoms with Crippen molar-refractivity contribution in [2.75, 3.05) is 26.2 Å². The Bertz CT molecular complexity index is 411. The Kier molecular flexibility index (Phi) is 6.02. The van der Waals surface area contributed by atoms with Crippen LogP contribution in [-0.4, -0.2) is 38.3 Å². The molecule has 2 rings (SSSR count). The van der Waals surface area contributed by atoms with E-state index in [-0.39, 0.29) is 5.91 Å². The molecule has 0 aromatic heterocycles. The Morgan fingerprint density at radius 1 is 1.30 bits per heavy atom. The van der Waals surface area contributed by atoms with E-state index >= 15 is 0 Å². The Balaban J connectivity index is 1.58. The van der Waals surface area contributed by atoms with Gasteiger partial charge in [-0.25, -0.2) is 0 Å². The van der Waals surface area contributed by atoms with Crippen LogP contribution in [0.5, 0.6) is 0 Å². The van der Waals surface area contributed by atoms with Crippen LogP contribution in [0.2, 0.25) is 0 Å². The lowest BCUT2D eigenvalue weighted by molar-refractivity contribution is 0.0318. The molecular formula is C16H24N2O2. The molecule has 1 heterocycles. The molecule has 0 saturated carbocycles. The highest BCUT2D eigenvalue weighted by atomic mass is 16.5. The van der Waals surface area contributed by atoms with Crippen LogP contribution >= 0.6 is 0 Å². The van der Waals surface area contributed by atoms with Gasteiger partial charge in [-0.1, -0.05) is 17.7 Å². The molecule has 1 aromatic rings. The highest BCUT2D eigenvalue weighted by molar-refractivity contribution is 5.94. The van der Waals surface area contributed by atoms with E-state index in [1.165, 1.54) is 0 Å². The van der Waals surface area contributed by atoms with Crippen molar-refractivity contribution >= 4 is 5.91 Å². The summed E-state index contributed by atoms with van der Waals surface area (Å²) in [5.41, 5.74) is 1.88. The summed E-state index contributed by atoms with van der Waals surface area (Å²) in [6.07, 6.45) is 3.44. The lowest BCUT2D eigenvalue weighted by atomic mass is 10.1. The third kappa shape index (κ3) is 4.94. The van der Waals surface area contributed by atoms with E-state index in [4.69, 9.17) is 4.74 Å². The third-order valence-electron chi connectivity index (χ3n) is 3.56. The van der Waals surface area contributed by atoms with Crippen molar-refractivity contribution in [1.29, 1.82) is 0 Å². The van der Waals surface area contributed by atoms with Gasteiger partial charge in [0.2, 0.25) is 0 Å². The first-order valence-corrected chi connectivity index (χ1v) is 7.43. The summed E-state index contributed by atoms with van der Waals surface area (Å²) in [6, 6.07) is 7.62. The second-order valence-corrected chi connectivity index (χ2v) is 5.30. The number of amides is 1. The topological polar surface area (TPSA) is 50.4 Å². The van der Waals surface area contributed by atoms with Crippen molar-refractivity contribution in [3.8, 4) is 0 Å². The van der Waals surface area contributed by atoms with Gasteiger partial charge in [0.15, 0.2) is 0 Å². The van der Waals surface area contributed by atoms with Crippen molar-refractivity contribution in [1.82, 2.24) is 10.6 Å². The fourth-order valence-corrected chi connectivity index (χ4v) is 2.29. The van der Waals surface area contributed by atoms with Gasteiger partial charge >= 0.3 is 0 Å². The molecule has 1 fully saturated rings. The van der Waals surface area contributed by atoms with Crippen LogP contribution in [0.3, 0.4) is 0 Å². The fourth-order valence-electron chi connectivity index (χ4n) is 2.29. The first kappa shape index (κ1) is 15.0. The molecule has 4 nitrogen and oxygen atoms in total. The monoisotopic (exact) mass is 276 g/mol. The Labute approximate surface area is 120 Å². The highest BCUT2D eigenvalue weighted by Gasteiger charge is 2.12. The van der Waals surface area contributed by atoms with E-state index in [1.54, 1.807) is 0 Å². The maximum atomic E-state index is 11.9. The molecule has 0 atom stereocenters. The van der Waals surface area contributed by atoms with Gasteiger partial charge in [-0.2, -0.15) is 0 Å². The van der Waals surface area contributed by atoms with Crippen LogP contribution in [0, 0.1) is 6.92 Å². The Morgan fingerprint density at radius 3 is 2.70 bits per heavy atom. The first-order chi connectivity index (χ1) is 9.75. The minimum atomic E-state index is -0.00753. The minimum absolute atomic E-state index is 0.00753. The molecule has 1 amide bonds. The maximum absolute atomic E-state index is 11.9. The zero-order chi connectivity index (χ0) is 14.2. The van der Waals surface area contributed by atoms with E-state index < -0.39 is 0 Å². The first-order valence-electron chi connectivity index (χ1n) is 7.43. The highest BCUT2D eigenvalue weighted by Crippen LogP contribution is 2.07. The SMILES string of the molecule is Cc1ccc(C(=O)NCCCOC2CCNCC2)cc1. The zero-order valence-electron chi connectivity index (χ0n) is 12.2. The summed E-state index contributed by atoms with van der Waals surface area (Å²) >= 11 is 0. The molecule has 0 aliphatic carbocycles. The molecule has 2 N–H and O–H groups in total. The number of aryl methyl sites for hydroxylation is 1. The van der Waals surface area contributed by atoms with Crippen LogP contribution < -0.4 is 10.6 Å². The van der Waals surface area contributed by atoms with E-state index in [1.807, 2.05) is 31.2 Å². The summed E-state index contributed by atoms with van der Waals surface area (Å²) in [5, 5.41) is 6.24. The number of rotatable bonds is 6. The lowest BCUT2D eigenvalue weighted by Gasteiger charge is -2.22. The average molecular weight is 276 g/mol. The molecule has 1 aromatic carbocycles. The van der Waals surface area contributed by atoms with Crippen molar-refractivity contribution in [2.45, 2.75) is 32.3 Å². The number of piperidine rings is 1. The van der Waals surface area contributed by atoms with Gasteiger partial charge in [0.25, 0.3) is 5.91 Å². The second kappa shape index (κ2) is 8.02. The van der Waals surface area contributed by atoms with Crippen LogP contribution in [-0.2, 0) is 4.74 Å². The lowest BCUT2D eigenvalue weighted by Crippen LogP contribution is -2.33. The smallest absolute Gasteiger partial charge is 0.251 e. The summed E-state index contributed by atoms with van der Waals surface area (Å²) in [7, 11) is 0. The van der Waals surface area contributed by atoms with Gasteiger partial charge < -0.3 is 15.4 Å². The predicted octanol–water partition coefficient (Wildman–Crippen LogP) is 1.88. The van der Waals surface area contributed by atoms with Gasteiger partial charge in [-0.3, -0.25) is 4.79 Å². The largest absolute Gasteiger partial charge is 0.378 e. The van der Waals surface area contributed by atoms with Crippen molar-refractivity contribution < 1.29 is 9.53 Å². The van der Waals surface area contributed by atoms with Gasteiger partial charge in [-0.05, 0) is 51.4 Å². The number of benzene rings is 1. The minimum Gasteiger partial charge on any atom is -0.378 e. The Morgan fingerprint density at radius 2 is 2.00 bits per heavy atom. The molecule has 0 radical (unpaired) electrons. The molecule has 110 valence electrons. The molecule has 0 unspecified atom stereocenters. The number of hydrogen-bond donors (Lipinski definition) is 2. The molecule has 1 saturated heterocycles. The molecule has 1 aliphatic heterocycles. The van der Waals surface area contributed by atoms with Gasteiger partial charge in [0.1, 0.15) is 0 Å². The van der Waals surface area contributed by atoms with E-state index in [0.29, 0.717) is 12.6 Å². The number of carbonyl (C=O) groups is 1. The standard InChI is InChI=1S/C16H24N2O2/c1-13-3-5-14(6-4-13)16(19)18-9-2-12-20-15-7-10-17-11-8-15/h3-6,15,17H,2,7-12H2,1H3,(H,18,19). The summed E-state index contributed by atoms with van der Waals surface area (Å²) in [5.74, 6) is -0.00753. The summed E-state index contributed by atoms with van der Waals surface area (Å²) in [4.78, 5) is 11.9. The number of hydrogen-bond acceptors (Lipinski definition) is 3. The van der Waals surface area contributed by atoms with Gasteiger partial charge in [-0.15, -0.1) is 0 Å².